The lowest BCUT2D eigenvalue weighted by molar-refractivity contribution is -0.137. The Bertz CT molecular complexity index is 230. The first-order valence-electron chi connectivity index (χ1n) is 6.79. The van der Waals surface area contributed by atoms with Crippen molar-refractivity contribution in [2.24, 2.45) is 5.92 Å². The predicted molar refractivity (Wildman–Crippen MR) is 65.2 cm³/mol. The first-order valence-corrected chi connectivity index (χ1v) is 6.79. The molecule has 2 aliphatic rings. The van der Waals surface area contributed by atoms with Gasteiger partial charge in [-0.2, -0.15) is 0 Å². The number of hydrogen-bond donors (Lipinski definition) is 1. The van der Waals surface area contributed by atoms with E-state index in [1.54, 1.807) is 0 Å². The van der Waals surface area contributed by atoms with Gasteiger partial charge in [0.25, 0.3) is 0 Å². The average molecular weight is 224 g/mol. The fourth-order valence-corrected chi connectivity index (χ4v) is 2.92. The van der Waals surface area contributed by atoms with Gasteiger partial charge in [0.15, 0.2) is 0 Å². The SMILES string of the molecule is C[C@@H]1CN(C(=O)C2CCCCCC2)CCN1. The van der Waals surface area contributed by atoms with Gasteiger partial charge >= 0.3 is 0 Å². The van der Waals surface area contributed by atoms with E-state index in [0.29, 0.717) is 17.9 Å². The first kappa shape index (κ1) is 11.9. The molecule has 0 aromatic carbocycles. The maximum Gasteiger partial charge on any atom is 0.225 e. The standard InChI is InChI=1S/C13H24N2O/c1-11-10-15(9-8-14-11)13(16)12-6-4-2-3-5-7-12/h11-12,14H,2-10H2,1H3/t11-/m1/s1. The summed E-state index contributed by atoms with van der Waals surface area (Å²) in [6.45, 7) is 4.92. The van der Waals surface area contributed by atoms with E-state index in [2.05, 4.69) is 17.1 Å². The van der Waals surface area contributed by atoms with Crippen LogP contribution in [0.3, 0.4) is 0 Å². The monoisotopic (exact) mass is 224 g/mol. The maximum absolute atomic E-state index is 12.3. The van der Waals surface area contributed by atoms with E-state index in [9.17, 15) is 4.79 Å². The molecule has 3 nitrogen and oxygen atoms in total. The van der Waals surface area contributed by atoms with Crippen molar-refractivity contribution in [3.05, 3.63) is 0 Å². The van der Waals surface area contributed by atoms with Gasteiger partial charge in [0.2, 0.25) is 5.91 Å². The zero-order valence-corrected chi connectivity index (χ0v) is 10.4. The molecule has 0 aromatic heterocycles. The van der Waals surface area contributed by atoms with Crippen LogP contribution >= 0.6 is 0 Å². The minimum Gasteiger partial charge on any atom is -0.340 e. The van der Waals surface area contributed by atoms with E-state index < -0.39 is 0 Å². The summed E-state index contributed by atoms with van der Waals surface area (Å²) < 4.78 is 0. The largest absolute Gasteiger partial charge is 0.340 e. The van der Waals surface area contributed by atoms with Crippen LogP contribution in [-0.2, 0) is 4.79 Å². The van der Waals surface area contributed by atoms with Gasteiger partial charge in [-0.15, -0.1) is 0 Å². The molecular formula is C13H24N2O. The summed E-state index contributed by atoms with van der Waals surface area (Å²) >= 11 is 0. The van der Waals surface area contributed by atoms with Gasteiger partial charge in [0.05, 0.1) is 0 Å². The van der Waals surface area contributed by atoms with Gasteiger partial charge in [0.1, 0.15) is 0 Å². The normalized spacial score (nSPS) is 28.8. The number of rotatable bonds is 1. The van der Waals surface area contributed by atoms with Gasteiger partial charge < -0.3 is 10.2 Å². The molecule has 1 saturated heterocycles. The van der Waals surface area contributed by atoms with Crippen LogP contribution in [0.1, 0.15) is 45.4 Å². The first-order chi connectivity index (χ1) is 7.77. The smallest absolute Gasteiger partial charge is 0.225 e. The lowest BCUT2D eigenvalue weighted by Crippen LogP contribution is -2.52. The second kappa shape index (κ2) is 5.67. The molecule has 0 radical (unpaired) electrons. The third-order valence-electron chi connectivity index (χ3n) is 3.88. The predicted octanol–water partition coefficient (Wildman–Crippen LogP) is 1.78. The second-order valence-corrected chi connectivity index (χ2v) is 5.33. The Kier molecular flexibility index (Phi) is 4.22. The van der Waals surface area contributed by atoms with Crippen molar-refractivity contribution in [2.75, 3.05) is 19.6 Å². The molecular weight excluding hydrogens is 200 g/mol. The van der Waals surface area contributed by atoms with E-state index in [1.807, 2.05) is 0 Å². The molecule has 0 unspecified atom stereocenters. The molecule has 0 bridgehead atoms. The van der Waals surface area contributed by atoms with E-state index in [1.165, 1.54) is 25.7 Å². The minimum atomic E-state index is 0.327. The summed E-state index contributed by atoms with van der Waals surface area (Å²) in [7, 11) is 0. The van der Waals surface area contributed by atoms with Gasteiger partial charge in [0, 0.05) is 31.6 Å². The van der Waals surface area contributed by atoms with Crippen molar-refractivity contribution < 1.29 is 4.79 Å². The Balaban J connectivity index is 1.89. The molecule has 1 heterocycles. The van der Waals surface area contributed by atoms with Crippen molar-refractivity contribution in [2.45, 2.75) is 51.5 Å². The van der Waals surface area contributed by atoms with E-state index in [4.69, 9.17) is 0 Å². The molecule has 1 aliphatic carbocycles. The summed E-state index contributed by atoms with van der Waals surface area (Å²) in [5.41, 5.74) is 0. The molecule has 16 heavy (non-hydrogen) atoms. The molecule has 2 rings (SSSR count). The summed E-state index contributed by atoms with van der Waals surface area (Å²) in [5.74, 6) is 0.753. The van der Waals surface area contributed by atoms with Gasteiger partial charge in [-0.3, -0.25) is 4.79 Å². The van der Waals surface area contributed by atoms with E-state index >= 15 is 0 Å². The third-order valence-corrected chi connectivity index (χ3v) is 3.88. The van der Waals surface area contributed by atoms with Crippen LogP contribution in [0.2, 0.25) is 0 Å². The van der Waals surface area contributed by atoms with Crippen molar-refractivity contribution in [1.29, 1.82) is 0 Å². The third kappa shape index (κ3) is 2.97. The summed E-state index contributed by atoms with van der Waals surface area (Å²) in [6.07, 6.45) is 7.38. The minimum absolute atomic E-state index is 0.327. The zero-order valence-electron chi connectivity index (χ0n) is 10.4. The molecule has 0 spiro atoms. The topological polar surface area (TPSA) is 32.3 Å². The lowest BCUT2D eigenvalue weighted by atomic mass is 9.98. The van der Waals surface area contributed by atoms with Crippen LogP contribution in [0.4, 0.5) is 0 Å². The number of hydrogen-bond acceptors (Lipinski definition) is 2. The Hall–Kier alpha value is -0.570. The number of carbonyl (C=O) groups excluding carboxylic acids is 1. The van der Waals surface area contributed by atoms with E-state index in [-0.39, 0.29) is 0 Å². The highest BCUT2D eigenvalue weighted by atomic mass is 16.2. The average Bonchev–Trinajstić information content (AvgIpc) is 2.56. The highest BCUT2D eigenvalue weighted by Crippen LogP contribution is 2.24. The highest BCUT2D eigenvalue weighted by molar-refractivity contribution is 5.79. The fourth-order valence-electron chi connectivity index (χ4n) is 2.92. The highest BCUT2D eigenvalue weighted by Gasteiger charge is 2.27. The van der Waals surface area contributed by atoms with Crippen LogP contribution in [-0.4, -0.2) is 36.5 Å². The quantitative estimate of drug-likeness (QED) is 0.689. The Morgan fingerprint density at radius 1 is 1.19 bits per heavy atom. The van der Waals surface area contributed by atoms with Crippen molar-refractivity contribution in [3.8, 4) is 0 Å². The molecule has 3 heteroatoms. The maximum atomic E-state index is 12.3. The second-order valence-electron chi connectivity index (χ2n) is 5.33. The number of carbonyl (C=O) groups is 1. The van der Waals surface area contributed by atoms with Crippen molar-refractivity contribution in [1.82, 2.24) is 10.2 Å². The lowest BCUT2D eigenvalue weighted by Gasteiger charge is -2.34. The molecule has 0 aromatic rings. The van der Waals surface area contributed by atoms with E-state index in [0.717, 1.165) is 32.5 Å². The van der Waals surface area contributed by atoms with Crippen molar-refractivity contribution >= 4 is 5.91 Å². The molecule has 2 fully saturated rings. The van der Waals surface area contributed by atoms with Crippen LogP contribution in [0.5, 0.6) is 0 Å². The number of amides is 1. The van der Waals surface area contributed by atoms with Gasteiger partial charge in [-0.25, -0.2) is 0 Å². The summed E-state index contributed by atoms with van der Waals surface area (Å²) in [6, 6.07) is 0.462. The fraction of sp³-hybridized carbons (Fsp3) is 0.923. The van der Waals surface area contributed by atoms with Crippen LogP contribution in [0, 0.1) is 5.92 Å². The number of nitrogens with zero attached hydrogens (tertiary/aromatic N) is 1. The Morgan fingerprint density at radius 3 is 2.50 bits per heavy atom. The molecule has 1 atom stereocenters. The zero-order chi connectivity index (χ0) is 11.4. The molecule has 1 saturated carbocycles. The van der Waals surface area contributed by atoms with Crippen molar-refractivity contribution in [3.63, 3.8) is 0 Å². The molecule has 1 amide bonds. The van der Waals surface area contributed by atoms with Crippen LogP contribution in [0.15, 0.2) is 0 Å². The van der Waals surface area contributed by atoms with Gasteiger partial charge in [-0.05, 0) is 19.8 Å². The number of nitrogens with one attached hydrogen (secondary N) is 1. The molecule has 92 valence electrons. The van der Waals surface area contributed by atoms with Crippen LogP contribution < -0.4 is 5.32 Å². The molecule has 1 aliphatic heterocycles. The Morgan fingerprint density at radius 2 is 1.88 bits per heavy atom. The van der Waals surface area contributed by atoms with Crippen LogP contribution in [0.25, 0.3) is 0 Å². The summed E-state index contributed by atoms with van der Waals surface area (Å²) in [5, 5.41) is 3.39. The van der Waals surface area contributed by atoms with Gasteiger partial charge in [-0.1, -0.05) is 25.7 Å². The molecule has 1 N–H and O–H groups in total. The number of piperazine rings is 1. The summed E-state index contributed by atoms with van der Waals surface area (Å²) in [4.78, 5) is 14.4. The Labute approximate surface area is 98.6 Å².